The zero-order valence-corrected chi connectivity index (χ0v) is 15.1. The van der Waals surface area contributed by atoms with Crippen molar-refractivity contribution >= 4 is 13.0 Å². The maximum absolute atomic E-state index is 12.4. The largest absolute Gasteiger partial charge is 2.00 e. The van der Waals surface area contributed by atoms with E-state index in [2.05, 4.69) is 10.2 Å². The van der Waals surface area contributed by atoms with Crippen LogP contribution < -0.4 is 5.44 Å². The number of H-pyrrole nitrogens is 1. The van der Waals surface area contributed by atoms with E-state index in [-0.39, 0.29) is 28.2 Å². The average Bonchev–Trinajstić information content (AvgIpc) is 3.36. The smallest absolute Gasteiger partial charge is 0.308 e. The molecule has 1 aromatic rings. The molecule has 0 bridgehead atoms. The molecule has 0 saturated heterocycles. The molecule has 0 aromatic carbocycles. The fourth-order valence-electron chi connectivity index (χ4n) is 2.00. The van der Waals surface area contributed by atoms with Crippen LogP contribution in [0.15, 0.2) is 0 Å². The molecule has 2 aliphatic carbocycles. The minimum Gasteiger partial charge on any atom is -0.308 e. The van der Waals surface area contributed by atoms with E-state index in [1.807, 2.05) is 51.0 Å². The van der Waals surface area contributed by atoms with Gasteiger partial charge in [-0.15, -0.1) is 0 Å². The number of nitriles is 1. The molecule has 2 fully saturated rings. The van der Waals surface area contributed by atoms with Gasteiger partial charge in [0.25, 0.3) is 0 Å². The molecule has 2 saturated carbocycles. The molecule has 1 N–H and O–H groups in total. The van der Waals surface area contributed by atoms with E-state index in [4.69, 9.17) is 14.3 Å². The number of nitrogens with zero attached hydrogens (tertiary/aromatic N) is 2. The normalized spacial score (nSPS) is 17.7. The van der Waals surface area contributed by atoms with Gasteiger partial charge in [-0.2, -0.15) is 10.4 Å². The van der Waals surface area contributed by atoms with Gasteiger partial charge in [-0.3, -0.25) is 9.66 Å². The Bertz CT molecular complexity index is 574. The van der Waals surface area contributed by atoms with Crippen LogP contribution in [0.5, 0.6) is 0 Å². The third-order valence-corrected chi connectivity index (χ3v) is 4.95. The van der Waals surface area contributed by atoms with Gasteiger partial charge < -0.3 is 9.05 Å². The van der Waals surface area contributed by atoms with Gasteiger partial charge in [-0.05, 0) is 57.8 Å². The number of aromatic nitrogens is 2. The molecular weight excluding hydrogens is 369 g/mol. The summed E-state index contributed by atoms with van der Waals surface area (Å²) in [6.45, 7) is 0. The summed E-state index contributed by atoms with van der Waals surface area (Å²) in [5.74, 6) is 0.740. The zero-order valence-electron chi connectivity index (χ0n) is 13.1. The molecule has 1 aromatic heterocycles. The maximum atomic E-state index is 12.4. The number of hydrogen-bond donors (Lipinski definition) is 1. The first kappa shape index (κ1) is 21.4. The summed E-state index contributed by atoms with van der Waals surface area (Å²) >= 11 is 0. The fourth-order valence-corrected chi connectivity index (χ4v) is 3.20. The van der Waals surface area contributed by atoms with Crippen LogP contribution in [0.3, 0.4) is 0 Å². The van der Waals surface area contributed by atoms with Crippen LogP contribution in [0, 0.1) is 75.0 Å². The first-order valence-corrected chi connectivity index (χ1v) is 8.30. The first-order chi connectivity index (χ1) is 11.2. The fraction of sp³-hybridized carbons (Fsp3) is 0.125. The Morgan fingerprint density at radius 2 is 1.54 bits per heavy atom. The number of nitrogens with one attached hydrogen (secondary N) is 1. The minimum atomic E-state index is -3.47. The van der Waals surface area contributed by atoms with E-state index in [0.29, 0.717) is 5.56 Å². The predicted molar refractivity (Wildman–Crippen MR) is 85.6 cm³/mol. The van der Waals surface area contributed by atoms with Crippen molar-refractivity contribution < 1.29 is 30.7 Å². The van der Waals surface area contributed by atoms with Gasteiger partial charge >= 0.3 is 24.7 Å². The van der Waals surface area contributed by atoms with Gasteiger partial charge in [-0.1, -0.05) is 0 Å². The van der Waals surface area contributed by atoms with Gasteiger partial charge in [0, 0.05) is 25.7 Å². The molecule has 0 aliphatic heterocycles. The Labute approximate surface area is 154 Å². The summed E-state index contributed by atoms with van der Waals surface area (Å²) in [6, 6.07) is 1.95. The Kier molecular flexibility index (Phi) is 9.26. The van der Waals surface area contributed by atoms with Crippen LogP contribution in [0.2, 0.25) is 0 Å². The van der Waals surface area contributed by atoms with E-state index >= 15 is 0 Å². The monoisotopic (exact) mass is 385 g/mol. The standard InChI is InChI=1S/C11H11N3O3P.C5H5.Fe/c1-16-18(15,17-2)11-10(8-5-3-4-6-8)9(7-12)13-14-11;1-2-4-5-3-1;/h3-6H,1-2H3,(H,13,14);1-5H;/q;;+2. The summed E-state index contributed by atoms with van der Waals surface area (Å²) in [5, 5.41) is 15.4. The van der Waals surface area contributed by atoms with E-state index in [0.717, 1.165) is 5.92 Å². The van der Waals surface area contributed by atoms with Gasteiger partial charge in [0.15, 0.2) is 11.1 Å². The summed E-state index contributed by atoms with van der Waals surface area (Å²) < 4.78 is 22.2. The van der Waals surface area contributed by atoms with Crippen LogP contribution in [-0.2, 0) is 30.7 Å². The van der Waals surface area contributed by atoms with Crippen molar-refractivity contribution in [2.45, 2.75) is 0 Å². The van der Waals surface area contributed by atoms with Crippen LogP contribution in [0.1, 0.15) is 11.3 Å². The van der Waals surface area contributed by atoms with Crippen LogP contribution in [0.25, 0.3) is 0 Å². The molecule has 24 heavy (non-hydrogen) atoms. The molecule has 1 heterocycles. The molecule has 8 heteroatoms. The minimum absolute atomic E-state index is 0. The van der Waals surface area contributed by atoms with Crippen molar-refractivity contribution in [3.8, 4) is 6.07 Å². The third-order valence-electron chi connectivity index (χ3n) is 3.11. The molecule has 124 valence electrons. The first-order valence-electron chi connectivity index (χ1n) is 6.75. The van der Waals surface area contributed by atoms with E-state index in [9.17, 15) is 4.57 Å². The third kappa shape index (κ3) is 4.94. The van der Waals surface area contributed by atoms with E-state index in [1.54, 1.807) is 12.8 Å². The Morgan fingerprint density at radius 3 is 1.96 bits per heavy atom. The van der Waals surface area contributed by atoms with Crippen molar-refractivity contribution in [3.05, 3.63) is 75.0 Å². The SMILES string of the molecule is COP(=O)(OC)c1[nH]nc(C#N)c1[C]1[CH][CH][CH][CH]1.[CH]1[CH][CH][CH][CH]1.[Fe+2]. The molecule has 10 radical (unpaired) electrons. The Hall–Kier alpha value is -0.631. The molecule has 0 unspecified atom stereocenters. The topological polar surface area (TPSA) is 88.0 Å². The molecule has 0 atom stereocenters. The van der Waals surface area contributed by atoms with Crippen LogP contribution in [0.4, 0.5) is 0 Å². The molecular formula is C16H16FeN3O3P+2. The second kappa shape index (κ2) is 10.4. The van der Waals surface area contributed by atoms with Crippen molar-refractivity contribution in [1.29, 1.82) is 5.26 Å². The van der Waals surface area contributed by atoms with Gasteiger partial charge in [0.05, 0.1) is 0 Å². The average molecular weight is 385 g/mol. The van der Waals surface area contributed by atoms with E-state index in [1.165, 1.54) is 14.2 Å². The number of rotatable bonds is 4. The summed E-state index contributed by atoms with van der Waals surface area (Å²) in [7, 11) is -0.906. The van der Waals surface area contributed by atoms with Crippen molar-refractivity contribution in [1.82, 2.24) is 10.2 Å². The molecule has 0 spiro atoms. The molecule has 3 rings (SSSR count). The number of hydrogen-bond acceptors (Lipinski definition) is 5. The van der Waals surface area contributed by atoms with Crippen LogP contribution in [-0.4, -0.2) is 24.4 Å². The second-order valence-corrected chi connectivity index (χ2v) is 6.58. The van der Waals surface area contributed by atoms with Crippen molar-refractivity contribution in [2.24, 2.45) is 0 Å². The van der Waals surface area contributed by atoms with E-state index < -0.39 is 7.60 Å². The Morgan fingerprint density at radius 1 is 1.04 bits per heavy atom. The van der Waals surface area contributed by atoms with Crippen molar-refractivity contribution in [2.75, 3.05) is 14.2 Å². The molecule has 2 aliphatic rings. The summed E-state index contributed by atoms with van der Waals surface area (Å²) in [5.41, 5.74) is 0.801. The van der Waals surface area contributed by atoms with Crippen molar-refractivity contribution in [3.63, 3.8) is 0 Å². The maximum Gasteiger partial charge on any atom is 2.00 e. The quantitative estimate of drug-likeness (QED) is 0.634. The molecule has 0 amide bonds. The number of aromatic amines is 1. The zero-order chi connectivity index (χ0) is 16.7. The predicted octanol–water partition coefficient (Wildman–Crippen LogP) is 2.16. The van der Waals surface area contributed by atoms with Gasteiger partial charge in [0.1, 0.15) is 6.07 Å². The molecule has 6 nitrogen and oxygen atoms in total. The van der Waals surface area contributed by atoms with Gasteiger partial charge in [-0.25, -0.2) is 0 Å². The summed E-state index contributed by atoms with van der Waals surface area (Å²) in [4.78, 5) is 0. The summed E-state index contributed by atoms with van der Waals surface area (Å²) in [6.07, 6.45) is 17.2. The Balaban J connectivity index is 0.000000412. The van der Waals surface area contributed by atoms with Gasteiger partial charge in [0.2, 0.25) is 0 Å². The van der Waals surface area contributed by atoms with Crippen LogP contribution >= 0.6 is 7.60 Å². The second-order valence-electron chi connectivity index (χ2n) is 4.41.